The Balaban J connectivity index is 1.49. The summed E-state index contributed by atoms with van der Waals surface area (Å²) >= 11 is 0. The Morgan fingerprint density at radius 2 is 1.80 bits per heavy atom. The predicted octanol–water partition coefficient (Wildman–Crippen LogP) is 5.74. The number of benzene rings is 2. The highest BCUT2D eigenvalue weighted by Gasteiger charge is 2.35. The topological polar surface area (TPSA) is 62.7 Å². The van der Waals surface area contributed by atoms with Gasteiger partial charge >= 0.3 is 6.09 Å². The second kappa shape index (κ2) is 9.09. The quantitative estimate of drug-likeness (QED) is 0.481. The fraction of sp³-hybridized carbons (Fsp3) is 0.296. The summed E-state index contributed by atoms with van der Waals surface area (Å²) in [7, 11) is 0. The summed E-state index contributed by atoms with van der Waals surface area (Å²) < 4.78 is 32.9. The lowest BCUT2D eigenvalue weighted by Crippen LogP contribution is -2.52. The summed E-state index contributed by atoms with van der Waals surface area (Å²) in [5, 5.41) is 0. The van der Waals surface area contributed by atoms with Crippen LogP contribution in [0.2, 0.25) is 0 Å². The molecule has 8 heteroatoms. The van der Waals surface area contributed by atoms with Gasteiger partial charge < -0.3 is 9.64 Å². The van der Waals surface area contributed by atoms with E-state index >= 15 is 0 Å². The number of hydrogen-bond donors (Lipinski definition) is 0. The van der Waals surface area contributed by atoms with E-state index in [4.69, 9.17) is 4.74 Å². The molecule has 0 N–H and O–H groups in total. The second-order valence-electron chi connectivity index (χ2n) is 9.18. The van der Waals surface area contributed by atoms with Gasteiger partial charge in [-0.3, -0.25) is 14.7 Å². The third-order valence-corrected chi connectivity index (χ3v) is 6.42. The molecule has 0 spiro atoms. The molecule has 0 bridgehead atoms. The molecule has 6 nitrogen and oxygen atoms in total. The average molecular weight is 478 g/mol. The van der Waals surface area contributed by atoms with E-state index in [1.807, 2.05) is 25.1 Å². The average Bonchev–Trinajstić information content (AvgIpc) is 3.65. The van der Waals surface area contributed by atoms with Crippen LogP contribution in [0.15, 0.2) is 54.7 Å². The number of carbonyl (C=O) groups is 2. The maximum atomic E-state index is 14.1. The van der Waals surface area contributed by atoms with Crippen molar-refractivity contribution in [2.75, 3.05) is 16.3 Å². The van der Waals surface area contributed by atoms with Gasteiger partial charge in [-0.15, -0.1) is 0 Å². The standard InChI is InChI=1S/C27H25F2N3O3/c1-16-15-31(27(34)35-26-13-21(28)7-9-23(26)29)25-12-19(6-10-24(25)32(16)17(2)33)20-5-8-22(30-14-20)11-18-3-4-18/h5-10,12-14,16,18H,3-4,11,15H2,1-2H3. The summed E-state index contributed by atoms with van der Waals surface area (Å²) in [4.78, 5) is 33.1. The van der Waals surface area contributed by atoms with Crippen molar-refractivity contribution >= 4 is 23.4 Å². The zero-order chi connectivity index (χ0) is 24.7. The fourth-order valence-electron chi connectivity index (χ4n) is 4.50. The van der Waals surface area contributed by atoms with Gasteiger partial charge in [0, 0.05) is 37.0 Å². The molecule has 1 unspecified atom stereocenters. The molecule has 180 valence electrons. The Hall–Kier alpha value is -3.81. The first kappa shape index (κ1) is 23.0. The molecule has 1 fully saturated rings. The van der Waals surface area contributed by atoms with Crippen LogP contribution in [-0.4, -0.2) is 29.6 Å². The smallest absolute Gasteiger partial charge is 0.407 e. The van der Waals surface area contributed by atoms with Crippen LogP contribution in [0, 0.1) is 17.6 Å². The highest BCUT2D eigenvalue weighted by Crippen LogP contribution is 2.39. The number of amides is 2. The molecule has 35 heavy (non-hydrogen) atoms. The third-order valence-electron chi connectivity index (χ3n) is 6.42. The molecule has 1 aromatic heterocycles. The highest BCUT2D eigenvalue weighted by molar-refractivity contribution is 6.03. The molecule has 1 aliphatic heterocycles. The van der Waals surface area contributed by atoms with Gasteiger partial charge in [-0.2, -0.15) is 0 Å². The molecule has 1 atom stereocenters. The molecule has 3 aromatic rings. The molecule has 1 saturated carbocycles. The Bertz CT molecular complexity index is 1290. The number of nitrogens with zero attached hydrogens (tertiary/aromatic N) is 3. The number of halogens is 2. The molecular formula is C27H25F2N3O3. The number of fused-ring (bicyclic) bond motifs is 1. The molecule has 1 aliphatic carbocycles. The first-order chi connectivity index (χ1) is 16.8. The minimum absolute atomic E-state index is 0.129. The number of hydrogen-bond acceptors (Lipinski definition) is 4. The van der Waals surface area contributed by atoms with Crippen LogP contribution in [-0.2, 0) is 11.2 Å². The lowest BCUT2D eigenvalue weighted by atomic mass is 10.0. The van der Waals surface area contributed by atoms with Crippen molar-refractivity contribution in [1.29, 1.82) is 0 Å². The van der Waals surface area contributed by atoms with Crippen LogP contribution in [0.1, 0.15) is 32.4 Å². The minimum Gasteiger partial charge on any atom is -0.407 e. The molecular weight excluding hydrogens is 452 g/mol. The van der Waals surface area contributed by atoms with Gasteiger partial charge in [0.15, 0.2) is 11.6 Å². The molecule has 2 amide bonds. The number of aromatic nitrogens is 1. The van der Waals surface area contributed by atoms with E-state index in [9.17, 15) is 18.4 Å². The number of ether oxygens (including phenoxy) is 1. The van der Waals surface area contributed by atoms with Crippen LogP contribution in [0.4, 0.5) is 25.0 Å². The van der Waals surface area contributed by atoms with Gasteiger partial charge in [-0.05, 0) is 68.0 Å². The van der Waals surface area contributed by atoms with Crippen molar-refractivity contribution < 1.29 is 23.1 Å². The molecule has 0 saturated heterocycles. The van der Waals surface area contributed by atoms with E-state index < -0.39 is 23.5 Å². The van der Waals surface area contributed by atoms with Gasteiger partial charge in [-0.1, -0.05) is 12.1 Å². The molecule has 2 aliphatic rings. The first-order valence-electron chi connectivity index (χ1n) is 11.6. The van der Waals surface area contributed by atoms with Crippen LogP contribution in [0.3, 0.4) is 0 Å². The lowest BCUT2D eigenvalue weighted by Gasteiger charge is -2.40. The number of pyridine rings is 1. The Morgan fingerprint density at radius 3 is 2.49 bits per heavy atom. The molecule has 5 rings (SSSR count). The van der Waals surface area contributed by atoms with Gasteiger partial charge in [0.05, 0.1) is 17.4 Å². The summed E-state index contributed by atoms with van der Waals surface area (Å²) in [6, 6.07) is 11.8. The molecule has 2 heterocycles. The zero-order valence-corrected chi connectivity index (χ0v) is 19.5. The summed E-state index contributed by atoms with van der Waals surface area (Å²) in [5.41, 5.74) is 3.70. The Morgan fingerprint density at radius 1 is 1.03 bits per heavy atom. The van der Waals surface area contributed by atoms with Crippen molar-refractivity contribution in [1.82, 2.24) is 4.98 Å². The second-order valence-corrected chi connectivity index (χ2v) is 9.18. The monoisotopic (exact) mass is 477 g/mol. The third kappa shape index (κ3) is 4.73. The van der Waals surface area contributed by atoms with Crippen LogP contribution >= 0.6 is 0 Å². The van der Waals surface area contributed by atoms with Crippen molar-refractivity contribution in [3.63, 3.8) is 0 Å². The first-order valence-corrected chi connectivity index (χ1v) is 11.6. The minimum atomic E-state index is -0.860. The fourth-order valence-corrected chi connectivity index (χ4v) is 4.50. The van der Waals surface area contributed by atoms with E-state index in [0.29, 0.717) is 11.4 Å². The summed E-state index contributed by atoms with van der Waals surface area (Å²) in [6.07, 6.45) is 4.43. The van der Waals surface area contributed by atoms with Gasteiger partial charge in [0.25, 0.3) is 0 Å². The van der Waals surface area contributed by atoms with Crippen molar-refractivity contribution in [2.45, 2.75) is 39.2 Å². The van der Waals surface area contributed by atoms with Crippen molar-refractivity contribution in [2.24, 2.45) is 5.92 Å². The van der Waals surface area contributed by atoms with Crippen LogP contribution < -0.4 is 14.5 Å². The SMILES string of the molecule is CC(=O)N1c2ccc(-c3ccc(CC4CC4)nc3)cc2N(C(=O)Oc2cc(F)ccc2F)CC1C. The zero-order valence-electron chi connectivity index (χ0n) is 19.5. The van der Waals surface area contributed by atoms with Crippen molar-refractivity contribution in [3.05, 3.63) is 72.1 Å². The maximum absolute atomic E-state index is 14.1. The number of rotatable bonds is 4. The predicted molar refractivity (Wildman–Crippen MR) is 128 cm³/mol. The lowest BCUT2D eigenvalue weighted by molar-refractivity contribution is -0.117. The van der Waals surface area contributed by atoms with Crippen molar-refractivity contribution in [3.8, 4) is 16.9 Å². The summed E-state index contributed by atoms with van der Waals surface area (Å²) in [6.45, 7) is 3.40. The van der Waals surface area contributed by atoms with E-state index in [0.717, 1.165) is 47.4 Å². The van der Waals surface area contributed by atoms with E-state index in [1.165, 1.54) is 24.7 Å². The highest BCUT2D eigenvalue weighted by atomic mass is 19.1. The number of carbonyl (C=O) groups excluding carboxylic acids is 2. The Labute approximate surface area is 202 Å². The largest absolute Gasteiger partial charge is 0.419 e. The maximum Gasteiger partial charge on any atom is 0.419 e. The van der Waals surface area contributed by atoms with Crippen LogP contribution in [0.5, 0.6) is 5.75 Å². The molecule has 2 aromatic carbocycles. The van der Waals surface area contributed by atoms with E-state index in [1.54, 1.807) is 23.2 Å². The normalized spacial score (nSPS) is 17.2. The van der Waals surface area contributed by atoms with E-state index in [2.05, 4.69) is 4.98 Å². The van der Waals surface area contributed by atoms with Crippen LogP contribution in [0.25, 0.3) is 11.1 Å². The summed E-state index contributed by atoms with van der Waals surface area (Å²) in [5.74, 6) is -1.49. The van der Waals surface area contributed by atoms with Gasteiger partial charge in [0.1, 0.15) is 5.82 Å². The van der Waals surface area contributed by atoms with Gasteiger partial charge in [-0.25, -0.2) is 13.6 Å². The van der Waals surface area contributed by atoms with E-state index in [-0.39, 0.29) is 18.5 Å². The van der Waals surface area contributed by atoms with Gasteiger partial charge in [0.2, 0.25) is 5.91 Å². The molecule has 0 radical (unpaired) electrons. The number of anilines is 2. The Kier molecular flexibility index (Phi) is 5.96.